The summed E-state index contributed by atoms with van der Waals surface area (Å²) in [6.45, 7) is 3.40. The van der Waals surface area contributed by atoms with Gasteiger partial charge < -0.3 is 15.2 Å². The lowest BCUT2D eigenvalue weighted by Crippen LogP contribution is -2.64. The van der Waals surface area contributed by atoms with Gasteiger partial charge in [0.05, 0.1) is 25.4 Å². The van der Waals surface area contributed by atoms with E-state index in [0.29, 0.717) is 25.3 Å². The van der Waals surface area contributed by atoms with Gasteiger partial charge in [-0.15, -0.1) is 0 Å². The second-order valence-corrected chi connectivity index (χ2v) is 5.37. The summed E-state index contributed by atoms with van der Waals surface area (Å²) >= 11 is 0. The monoisotopic (exact) mass is 226 g/mol. The topological polar surface area (TPSA) is 44.7 Å². The van der Waals surface area contributed by atoms with E-state index in [4.69, 9.17) is 4.74 Å². The molecule has 0 unspecified atom stereocenters. The first-order valence-electron chi connectivity index (χ1n) is 6.60. The Bertz CT molecular complexity index is 239. The van der Waals surface area contributed by atoms with E-state index in [1.165, 1.54) is 25.7 Å². The van der Waals surface area contributed by atoms with Crippen molar-refractivity contribution in [1.82, 2.24) is 10.2 Å². The van der Waals surface area contributed by atoms with Crippen LogP contribution in [0, 0.1) is 0 Å². The number of hydrogen-bond donors (Lipinski definition) is 2. The van der Waals surface area contributed by atoms with E-state index in [-0.39, 0.29) is 12.1 Å². The number of ether oxygens (including phenoxy) is 1. The van der Waals surface area contributed by atoms with Crippen LogP contribution in [0.25, 0.3) is 0 Å². The van der Waals surface area contributed by atoms with Gasteiger partial charge in [0, 0.05) is 25.2 Å². The second kappa shape index (κ2) is 4.61. The molecule has 0 amide bonds. The summed E-state index contributed by atoms with van der Waals surface area (Å²) < 4.78 is 5.42. The largest absolute Gasteiger partial charge is 0.389 e. The van der Waals surface area contributed by atoms with E-state index in [1.807, 2.05) is 0 Å². The van der Waals surface area contributed by atoms with Crippen LogP contribution in [0.4, 0.5) is 0 Å². The molecular weight excluding hydrogens is 204 g/mol. The zero-order chi connectivity index (χ0) is 11.0. The smallest absolute Gasteiger partial charge is 0.0951 e. The van der Waals surface area contributed by atoms with Crippen molar-refractivity contribution < 1.29 is 9.84 Å². The summed E-state index contributed by atoms with van der Waals surface area (Å²) in [5.41, 5.74) is 0. The maximum Gasteiger partial charge on any atom is 0.0951 e. The second-order valence-electron chi connectivity index (χ2n) is 5.37. The molecule has 0 spiro atoms. The minimum absolute atomic E-state index is 0.246. The highest BCUT2D eigenvalue weighted by atomic mass is 16.5. The Balaban J connectivity index is 1.72. The highest BCUT2D eigenvalue weighted by Gasteiger charge is 2.41. The van der Waals surface area contributed by atoms with Crippen LogP contribution in [-0.2, 0) is 4.74 Å². The van der Waals surface area contributed by atoms with Crippen molar-refractivity contribution in [3.8, 4) is 0 Å². The fourth-order valence-corrected chi connectivity index (χ4v) is 3.34. The van der Waals surface area contributed by atoms with Crippen molar-refractivity contribution in [2.75, 3.05) is 26.3 Å². The van der Waals surface area contributed by atoms with Gasteiger partial charge in [-0.05, 0) is 12.8 Å². The Hall–Kier alpha value is -0.160. The van der Waals surface area contributed by atoms with Gasteiger partial charge in [-0.2, -0.15) is 0 Å². The summed E-state index contributed by atoms with van der Waals surface area (Å²) in [4.78, 5) is 2.57. The van der Waals surface area contributed by atoms with Crippen molar-refractivity contribution in [3.63, 3.8) is 0 Å². The van der Waals surface area contributed by atoms with Crippen molar-refractivity contribution in [1.29, 1.82) is 0 Å². The van der Waals surface area contributed by atoms with Crippen LogP contribution in [0.5, 0.6) is 0 Å². The van der Waals surface area contributed by atoms with Crippen LogP contribution < -0.4 is 5.32 Å². The highest BCUT2D eigenvalue weighted by molar-refractivity contribution is 4.97. The lowest BCUT2D eigenvalue weighted by molar-refractivity contribution is 0.00468. The Kier molecular flexibility index (Phi) is 3.16. The Morgan fingerprint density at radius 1 is 1.06 bits per heavy atom. The van der Waals surface area contributed by atoms with Crippen LogP contribution in [0.15, 0.2) is 0 Å². The predicted octanol–water partition coefficient (Wildman–Crippen LogP) is -0.0375. The lowest BCUT2D eigenvalue weighted by Gasteiger charge is -2.45. The lowest BCUT2D eigenvalue weighted by atomic mass is 10.0. The van der Waals surface area contributed by atoms with E-state index in [9.17, 15) is 5.11 Å². The summed E-state index contributed by atoms with van der Waals surface area (Å²) in [6, 6.07) is 1.56. The minimum atomic E-state index is -0.277. The van der Waals surface area contributed by atoms with E-state index < -0.39 is 0 Å². The summed E-state index contributed by atoms with van der Waals surface area (Å²) in [7, 11) is 0. The molecule has 2 atom stereocenters. The van der Waals surface area contributed by atoms with Gasteiger partial charge in [0.25, 0.3) is 0 Å². The molecule has 92 valence electrons. The summed E-state index contributed by atoms with van der Waals surface area (Å²) in [6.07, 6.45) is 5.04. The molecule has 2 aliphatic heterocycles. The number of hydrogen-bond acceptors (Lipinski definition) is 4. The maximum absolute atomic E-state index is 10.0. The molecule has 3 fully saturated rings. The van der Waals surface area contributed by atoms with Gasteiger partial charge >= 0.3 is 0 Å². The predicted molar refractivity (Wildman–Crippen MR) is 61.4 cm³/mol. The third kappa shape index (κ3) is 1.88. The third-order valence-corrected chi connectivity index (χ3v) is 4.33. The third-order valence-electron chi connectivity index (χ3n) is 4.33. The molecule has 3 aliphatic rings. The van der Waals surface area contributed by atoms with Crippen LogP contribution in [0.2, 0.25) is 0 Å². The van der Waals surface area contributed by atoms with Crippen molar-refractivity contribution in [2.45, 2.75) is 49.9 Å². The maximum atomic E-state index is 10.0. The molecule has 0 aromatic heterocycles. The first kappa shape index (κ1) is 11.0. The average molecular weight is 226 g/mol. The van der Waals surface area contributed by atoms with Crippen molar-refractivity contribution in [3.05, 3.63) is 0 Å². The number of nitrogens with zero attached hydrogens (tertiary/aromatic N) is 1. The molecule has 3 rings (SSSR count). The van der Waals surface area contributed by atoms with Gasteiger partial charge in [-0.25, -0.2) is 0 Å². The molecular formula is C12H22N2O2. The molecule has 0 aromatic rings. The zero-order valence-corrected chi connectivity index (χ0v) is 9.77. The number of nitrogens with one attached hydrogen (secondary N) is 1. The zero-order valence-electron chi connectivity index (χ0n) is 9.77. The van der Waals surface area contributed by atoms with E-state index in [1.54, 1.807) is 0 Å². The highest BCUT2D eigenvalue weighted by Crippen LogP contribution is 2.30. The molecule has 16 heavy (non-hydrogen) atoms. The van der Waals surface area contributed by atoms with Crippen LogP contribution in [0.3, 0.4) is 0 Å². The molecule has 4 heteroatoms. The molecule has 4 nitrogen and oxygen atoms in total. The van der Waals surface area contributed by atoms with Crippen LogP contribution in [0.1, 0.15) is 25.7 Å². The van der Waals surface area contributed by atoms with E-state index in [2.05, 4.69) is 10.2 Å². The van der Waals surface area contributed by atoms with E-state index >= 15 is 0 Å². The number of rotatable bonds is 3. The Labute approximate surface area is 97.0 Å². The molecule has 2 saturated heterocycles. The summed E-state index contributed by atoms with van der Waals surface area (Å²) in [5, 5.41) is 13.3. The molecule has 0 aromatic carbocycles. The standard InChI is InChI=1S/C12H22N2O2/c15-12-8-16-7-11(12)14(10-5-13-6-10)9-3-1-2-4-9/h9-13,15H,1-8H2/t11-,12-/m1/s1. The molecule has 1 saturated carbocycles. The Morgan fingerprint density at radius 3 is 2.31 bits per heavy atom. The molecule has 1 aliphatic carbocycles. The SMILES string of the molecule is O[C@@H]1COC[C@H]1N(C1CCCC1)C1CNC1. The fraction of sp³-hybridized carbons (Fsp3) is 1.00. The van der Waals surface area contributed by atoms with Gasteiger partial charge in [-0.3, -0.25) is 4.90 Å². The van der Waals surface area contributed by atoms with Gasteiger partial charge in [0.2, 0.25) is 0 Å². The molecule has 0 bridgehead atoms. The van der Waals surface area contributed by atoms with Gasteiger partial charge in [0.1, 0.15) is 0 Å². The van der Waals surface area contributed by atoms with Crippen molar-refractivity contribution >= 4 is 0 Å². The molecule has 2 N–H and O–H groups in total. The first-order valence-corrected chi connectivity index (χ1v) is 6.60. The minimum Gasteiger partial charge on any atom is -0.389 e. The first-order chi connectivity index (χ1) is 7.86. The van der Waals surface area contributed by atoms with Gasteiger partial charge in [-0.1, -0.05) is 12.8 Å². The van der Waals surface area contributed by atoms with Crippen LogP contribution >= 0.6 is 0 Å². The Morgan fingerprint density at radius 2 is 1.81 bits per heavy atom. The molecule has 2 heterocycles. The fourth-order valence-electron chi connectivity index (χ4n) is 3.34. The normalized spacial score (nSPS) is 37.1. The van der Waals surface area contributed by atoms with Gasteiger partial charge in [0.15, 0.2) is 0 Å². The summed E-state index contributed by atoms with van der Waals surface area (Å²) in [5.74, 6) is 0. The number of aliphatic hydroxyl groups is 1. The average Bonchev–Trinajstić information content (AvgIpc) is 2.82. The van der Waals surface area contributed by atoms with E-state index in [0.717, 1.165) is 13.1 Å². The molecule has 0 radical (unpaired) electrons. The van der Waals surface area contributed by atoms with Crippen molar-refractivity contribution in [2.24, 2.45) is 0 Å². The van der Waals surface area contributed by atoms with Crippen LogP contribution in [-0.4, -0.2) is 60.5 Å². The number of aliphatic hydroxyl groups excluding tert-OH is 1. The quantitative estimate of drug-likeness (QED) is 0.709.